The summed E-state index contributed by atoms with van der Waals surface area (Å²) in [6, 6.07) is 40.4. The van der Waals surface area contributed by atoms with Crippen molar-refractivity contribution in [2.45, 2.75) is 52.4 Å². The summed E-state index contributed by atoms with van der Waals surface area (Å²) in [5, 5.41) is 5.88. The van der Waals surface area contributed by atoms with Crippen LogP contribution in [0.15, 0.2) is 121 Å². The Bertz CT molecular complexity index is 2760. The molecule has 4 aromatic heterocycles. The topological polar surface area (TPSA) is 44.3 Å². The average Bonchev–Trinajstić information content (AvgIpc) is 3.64. The Morgan fingerprint density at radius 1 is 0.551 bits per heavy atom. The Morgan fingerprint density at radius 3 is 2.00 bits per heavy atom. The second-order valence-electron chi connectivity index (χ2n) is 15.2. The fourth-order valence-electron chi connectivity index (χ4n) is 7.78. The van der Waals surface area contributed by atoms with Crippen molar-refractivity contribution in [3.05, 3.63) is 133 Å². The molecule has 0 aliphatic heterocycles. The Balaban J connectivity index is 1.30. The van der Waals surface area contributed by atoms with Gasteiger partial charge in [-0.15, -0.1) is 0 Å². The number of nitrogens with zero attached hydrogens (tertiary/aromatic N) is 4. The molecule has 0 amide bonds. The summed E-state index contributed by atoms with van der Waals surface area (Å²) in [4.78, 5) is 9.91. The number of aromatic nitrogens is 4. The lowest BCUT2D eigenvalue weighted by atomic mass is 9.73. The van der Waals surface area contributed by atoms with Crippen molar-refractivity contribution in [3.8, 4) is 17.3 Å². The molecular weight excluding hydrogens is 601 g/mol. The van der Waals surface area contributed by atoms with Gasteiger partial charge in [0.2, 0.25) is 0 Å². The smallest absolute Gasteiger partial charge is 0.146 e. The van der Waals surface area contributed by atoms with Crippen LogP contribution in [0.5, 0.6) is 11.5 Å². The van der Waals surface area contributed by atoms with E-state index in [1.807, 2.05) is 24.4 Å². The molecular formula is C44H38N4O. The predicted molar refractivity (Wildman–Crippen MR) is 204 cm³/mol. The van der Waals surface area contributed by atoms with Crippen LogP contribution in [0.1, 0.15) is 52.7 Å². The summed E-state index contributed by atoms with van der Waals surface area (Å²) in [5.41, 5.74) is 9.00. The first-order valence-electron chi connectivity index (χ1n) is 17.0. The zero-order chi connectivity index (χ0) is 33.7. The molecule has 5 heteroatoms. The van der Waals surface area contributed by atoms with Crippen LogP contribution in [-0.2, 0) is 10.8 Å². The Morgan fingerprint density at radius 2 is 1.24 bits per heavy atom. The van der Waals surface area contributed by atoms with Crippen molar-refractivity contribution in [2.24, 2.45) is 0 Å². The van der Waals surface area contributed by atoms with E-state index in [-0.39, 0.29) is 10.8 Å². The van der Waals surface area contributed by atoms with E-state index in [1.165, 1.54) is 32.8 Å². The summed E-state index contributed by atoms with van der Waals surface area (Å²) in [6.07, 6.45) is 1.84. The number of pyridine rings is 2. The van der Waals surface area contributed by atoms with Gasteiger partial charge in [0.05, 0.1) is 27.6 Å². The van der Waals surface area contributed by atoms with E-state index in [1.54, 1.807) is 0 Å². The number of fused-ring (bicyclic) bond motifs is 11. The maximum absolute atomic E-state index is 6.72. The van der Waals surface area contributed by atoms with Crippen molar-refractivity contribution in [3.63, 3.8) is 0 Å². The van der Waals surface area contributed by atoms with Gasteiger partial charge >= 0.3 is 0 Å². The number of rotatable bonds is 3. The highest BCUT2D eigenvalue weighted by Crippen LogP contribution is 2.44. The van der Waals surface area contributed by atoms with Gasteiger partial charge in [-0.3, -0.25) is 8.97 Å². The average molecular weight is 639 g/mol. The van der Waals surface area contributed by atoms with Crippen molar-refractivity contribution < 1.29 is 4.74 Å². The highest BCUT2D eigenvalue weighted by molar-refractivity contribution is 6.16. The number of imidazole rings is 1. The largest absolute Gasteiger partial charge is 0.457 e. The van der Waals surface area contributed by atoms with Crippen LogP contribution in [0, 0.1) is 0 Å². The number of hydrogen-bond donors (Lipinski definition) is 0. The van der Waals surface area contributed by atoms with Crippen LogP contribution in [0.2, 0.25) is 0 Å². The molecule has 0 radical (unpaired) electrons. The van der Waals surface area contributed by atoms with Crippen LogP contribution in [0.25, 0.3) is 66.0 Å². The van der Waals surface area contributed by atoms with Crippen molar-refractivity contribution in [2.75, 3.05) is 0 Å². The van der Waals surface area contributed by atoms with E-state index in [4.69, 9.17) is 14.7 Å². The minimum Gasteiger partial charge on any atom is -0.457 e. The normalized spacial score (nSPS) is 12.7. The molecule has 4 heterocycles. The summed E-state index contributed by atoms with van der Waals surface area (Å²) >= 11 is 0. The first-order chi connectivity index (χ1) is 23.6. The number of benzene rings is 5. The predicted octanol–water partition coefficient (Wildman–Crippen LogP) is 11.7. The zero-order valence-electron chi connectivity index (χ0n) is 28.7. The summed E-state index contributed by atoms with van der Waals surface area (Å²) in [7, 11) is 0. The highest BCUT2D eigenvalue weighted by Gasteiger charge is 2.29. The van der Waals surface area contributed by atoms with Crippen LogP contribution >= 0.6 is 0 Å². The molecule has 5 aromatic carbocycles. The number of ether oxygens (including phenoxy) is 1. The molecule has 0 unspecified atom stereocenters. The molecule has 0 N–H and O–H groups in total. The van der Waals surface area contributed by atoms with Gasteiger partial charge in [0.1, 0.15) is 23.0 Å². The molecule has 0 spiro atoms. The molecule has 0 saturated carbocycles. The molecule has 0 fully saturated rings. The third-order valence-electron chi connectivity index (χ3n) is 9.80. The second-order valence-corrected chi connectivity index (χ2v) is 15.2. The third-order valence-corrected chi connectivity index (χ3v) is 9.80. The molecule has 0 aliphatic carbocycles. The lowest BCUT2D eigenvalue weighted by Crippen LogP contribution is -2.22. The van der Waals surface area contributed by atoms with Gasteiger partial charge in [0.25, 0.3) is 0 Å². The molecule has 5 nitrogen and oxygen atoms in total. The molecule has 9 rings (SSSR count). The van der Waals surface area contributed by atoms with Crippen LogP contribution < -0.4 is 4.74 Å². The molecule has 240 valence electrons. The van der Waals surface area contributed by atoms with Gasteiger partial charge in [0.15, 0.2) is 0 Å². The molecule has 0 atom stereocenters. The minimum atomic E-state index is -0.0875. The van der Waals surface area contributed by atoms with Gasteiger partial charge in [-0.05, 0) is 94.1 Å². The van der Waals surface area contributed by atoms with Gasteiger partial charge in [-0.2, -0.15) is 0 Å². The molecule has 49 heavy (non-hydrogen) atoms. The SMILES string of the molecule is CC(C)(C)c1ccc2c(c1C(C)(C)C)c1ccc(Oc3ccc4c5ccccc5n(-c5ccccn5)c4c3)cc1c1nc3ccccc3n21. The fraction of sp³-hybridized carbons (Fsp3) is 0.182. The maximum atomic E-state index is 6.72. The maximum Gasteiger partial charge on any atom is 0.146 e. The van der Waals surface area contributed by atoms with E-state index < -0.39 is 0 Å². The Kier molecular flexibility index (Phi) is 6.26. The van der Waals surface area contributed by atoms with Gasteiger partial charge in [-0.1, -0.05) is 84.0 Å². The van der Waals surface area contributed by atoms with Crippen molar-refractivity contribution >= 4 is 60.2 Å². The molecule has 0 bridgehead atoms. The third kappa shape index (κ3) is 4.52. The standard InChI is InChI=1S/C44H38N4O/c1-43(2,3)33-22-23-37-40(41(33)44(4,5)6)31-21-19-27(25-32(31)42-46-34-14-8-10-16-36(34)48(37)42)49-28-18-20-30-29-13-7-9-15-35(29)47(38(30)26-28)39-17-11-12-24-45-39/h7-26H,1-6H3. The summed E-state index contributed by atoms with van der Waals surface area (Å²) < 4.78 is 11.3. The van der Waals surface area contributed by atoms with Gasteiger partial charge in [0, 0.05) is 33.8 Å². The first kappa shape index (κ1) is 29.5. The lowest BCUT2D eigenvalue weighted by molar-refractivity contribution is 0.484. The zero-order valence-corrected chi connectivity index (χ0v) is 28.7. The second kappa shape index (κ2) is 10.4. The van der Waals surface area contributed by atoms with Crippen LogP contribution in [0.3, 0.4) is 0 Å². The van der Waals surface area contributed by atoms with E-state index in [9.17, 15) is 0 Å². The molecule has 9 aromatic rings. The van der Waals surface area contributed by atoms with E-state index in [2.05, 4.69) is 148 Å². The Hall–Kier alpha value is -5.68. The molecule has 0 saturated heterocycles. The first-order valence-corrected chi connectivity index (χ1v) is 17.0. The highest BCUT2D eigenvalue weighted by atomic mass is 16.5. The monoisotopic (exact) mass is 638 g/mol. The lowest BCUT2D eigenvalue weighted by Gasteiger charge is -2.32. The van der Waals surface area contributed by atoms with Crippen LogP contribution in [-0.4, -0.2) is 18.9 Å². The van der Waals surface area contributed by atoms with Crippen LogP contribution in [0.4, 0.5) is 0 Å². The number of hydrogen-bond acceptors (Lipinski definition) is 3. The summed E-state index contributed by atoms with van der Waals surface area (Å²) in [5.74, 6) is 2.41. The van der Waals surface area contributed by atoms with E-state index in [0.29, 0.717) is 0 Å². The van der Waals surface area contributed by atoms with Crippen molar-refractivity contribution in [1.82, 2.24) is 18.9 Å². The fourth-order valence-corrected chi connectivity index (χ4v) is 7.78. The van der Waals surface area contributed by atoms with Gasteiger partial charge < -0.3 is 4.74 Å². The van der Waals surface area contributed by atoms with E-state index >= 15 is 0 Å². The molecule has 0 aliphatic rings. The van der Waals surface area contributed by atoms with Crippen molar-refractivity contribution in [1.29, 1.82) is 0 Å². The Labute approximate surface area is 285 Å². The quantitative estimate of drug-likeness (QED) is 0.181. The summed E-state index contributed by atoms with van der Waals surface area (Å²) in [6.45, 7) is 13.9. The number of para-hydroxylation sites is 3. The van der Waals surface area contributed by atoms with Gasteiger partial charge in [-0.25, -0.2) is 9.97 Å². The minimum absolute atomic E-state index is 0.0193. The van der Waals surface area contributed by atoms with E-state index in [0.717, 1.165) is 55.8 Å².